The summed E-state index contributed by atoms with van der Waals surface area (Å²) in [4.78, 5) is 53.1. The summed E-state index contributed by atoms with van der Waals surface area (Å²) in [5.41, 5.74) is 20.5. The van der Waals surface area contributed by atoms with Crippen molar-refractivity contribution in [1.82, 2.24) is 41.2 Å². The number of carbonyl (C=O) groups excluding carboxylic acids is 3. The molecule has 13 rings (SSSR count). The van der Waals surface area contributed by atoms with Crippen LogP contribution in [0.5, 0.6) is 5.75 Å². The van der Waals surface area contributed by atoms with Gasteiger partial charge in [0.15, 0.2) is 17.3 Å². The maximum absolute atomic E-state index is 12.7. The number of aryl methyl sites for hydroxylation is 3. The Balaban J connectivity index is 0.000000154. The Morgan fingerprint density at radius 1 is 0.451 bits per heavy atom. The lowest BCUT2D eigenvalue weighted by Gasteiger charge is -2.21. The van der Waals surface area contributed by atoms with E-state index >= 15 is 0 Å². The molecule has 10 aromatic rings. The number of amides is 3. The molecule has 102 heavy (non-hydrogen) atoms. The number of halogens is 2. The van der Waals surface area contributed by atoms with Crippen LogP contribution < -0.4 is 20.7 Å². The SMILES string of the molecule is CCNC(=O)C[C@@H]1N=C(c2ccc(C(C)(C)C)cc2)c2cc(OC)ccc2-c2c(C)noc21.CCNC(=O)C[C@@H]1N=C(c2ccc(Cl)cc2)c2cc(-c3cnn(C(C)(C)C)c3)ccc2-c2c(C)noc21.CCNC(=O)C[C@@H]1N=C(c2ccc(Cl)cc2)c2cc(C(C)(C)C)ccc2-c2c(C)noc21. The standard InChI is InChI=1S/C29H30ClN5O2.C27H31N3O3.C26H28ClN3O2/c1-6-31-25(36)14-24-28-26(17(2)34-37-28)22-12-9-19(20-15-32-35(16-20)29(3,4)5)13-23(22)27(33-24)18-7-10-21(30)11-8-18;1-7-28-23(31)15-22-26-24(16(2)30-33-26)20-13-12-19(32-6)14-21(20)25(29-22)17-8-10-18(11-9-17)27(3,4)5;1-6-28-22(31)14-21-25-23(15(2)30-32-25)19-12-9-17(26(3,4)5)13-20(19)24(29-21)16-7-10-18(27)11-8-16/h7-13,15-16,24H,6,14H2,1-5H3,(H,31,36);8-14,22H,7,15H2,1-6H3,(H,28,31);7-13,21H,6,14H2,1-5H3,(H,28,31)/t24-;22-;21-/m000/s1. The van der Waals surface area contributed by atoms with Crippen molar-refractivity contribution in [3.05, 3.63) is 229 Å². The highest BCUT2D eigenvalue weighted by molar-refractivity contribution is 6.31. The highest BCUT2D eigenvalue weighted by atomic mass is 35.5. The fraction of sp³-hybridized carbons (Fsp3) is 0.341. The van der Waals surface area contributed by atoms with E-state index in [1.54, 1.807) is 7.11 Å². The van der Waals surface area contributed by atoms with Gasteiger partial charge in [-0.25, -0.2) is 0 Å². The molecule has 7 heterocycles. The first-order chi connectivity index (χ1) is 48.6. The van der Waals surface area contributed by atoms with E-state index < -0.39 is 18.1 Å². The summed E-state index contributed by atoms with van der Waals surface area (Å²) in [6, 6.07) is 41.0. The van der Waals surface area contributed by atoms with Gasteiger partial charge in [-0.1, -0.05) is 153 Å². The molecule has 3 N–H and O–H groups in total. The van der Waals surface area contributed by atoms with Gasteiger partial charge in [-0.2, -0.15) is 5.10 Å². The number of rotatable bonds is 14. The smallest absolute Gasteiger partial charge is 0.222 e. The third kappa shape index (κ3) is 15.8. The molecule has 528 valence electrons. The van der Waals surface area contributed by atoms with E-state index in [1.165, 1.54) is 11.1 Å². The molecule has 3 amide bonds. The zero-order valence-corrected chi connectivity index (χ0v) is 62.5. The molecule has 0 spiro atoms. The molecular formula is C82H89Cl2N11O7. The second-order valence-electron chi connectivity index (χ2n) is 28.8. The number of nitrogens with zero attached hydrogens (tertiary/aromatic N) is 8. The summed E-state index contributed by atoms with van der Waals surface area (Å²) in [6.45, 7) is 32.7. The topological polar surface area (TPSA) is 230 Å². The zero-order valence-electron chi connectivity index (χ0n) is 60.9. The number of aliphatic imine (C=N–C) groups is 3. The van der Waals surface area contributed by atoms with E-state index in [0.29, 0.717) is 47.0 Å². The molecule has 0 unspecified atom stereocenters. The molecule has 0 bridgehead atoms. The van der Waals surface area contributed by atoms with Crippen LogP contribution in [0.1, 0.15) is 199 Å². The van der Waals surface area contributed by atoms with Crippen molar-refractivity contribution in [3.8, 4) is 50.3 Å². The molecule has 20 heteroatoms. The third-order valence-electron chi connectivity index (χ3n) is 18.3. The third-order valence-corrected chi connectivity index (χ3v) is 18.8. The van der Waals surface area contributed by atoms with Crippen molar-refractivity contribution in [1.29, 1.82) is 0 Å². The number of nitrogens with one attached hydrogen (secondary N) is 3. The van der Waals surface area contributed by atoms with Crippen molar-refractivity contribution >= 4 is 58.1 Å². The van der Waals surface area contributed by atoms with Crippen molar-refractivity contribution < 1.29 is 32.7 Å². The van der Waals surface area contributed by atoms with E-state index in [-0.39, 0.29) is 53.4 Å². The van der Waals surface area contributed by atoms with Crippen LogP contribution in [-0.2, 0) is 30.8 Å². The first-order valence-electron chi connectivity index (χ1n) is 34.7. The minimum Gasteiger partial charge on any atom is -0.497 e. The number of methoxy groups -OCH3 is 1. The van der Waals surface area contributed by atoms with Gasteiger partial charge in [0.25, 0.3) is 0 Å². The van der Waals surface area contributed by atoms with Crippen LogP contribution >= 0.6 is 23.2 Å². The molecule has 0 radical (unpaired) electrons. The van der Waals surface area contributed by atoms with Gasteiger partial charge in [-0.3, -0.25) is 34.0 Å². The van der Waals surface area contributed by atoms with Crippen molar-refractivity contribution in [2.24, 2.45) is 15.0 Å². The van der Waals surface area contributed by atoms with Crippen molar-refractivity contribution in [2.45, 2.75) is 158 Å². The van der Waals surface area contributed by atoms with E-state index in [4.69, 9.17) is 56.5 Å². The fourth-order valence-corrected chi connectivity index (χ4v) is 13.2. The van der Waals surface area contributed by atoms with E-state index in [1.807, 2.05) is 119 Å². The van der Waals surface area contributed by atoms with Crippen molar-refractivity contribution in [2.75, 3.05) is 26.7 Å². The summed E-state index contributed by atoms with van der Waals surface area (Å²) >= 11 is 12.4. The number of hydrogen-bond acceptors (Lipinski definition) is 14. The monoisotopic (exact) mass is 1410 g/mol. The molecule has 6 aromatic carbocycles. The van der Waals surface area contributed by atoms with Gasteiger partial charge in [-0.15, -0.1) is 0 Å². The van der Waals surface area contributed by atoms with Gasteiger partial charge in [0.2, 0.25) is 17.7 Å². The van der Waals surface area contributed by atoms with Crippen LogP contribution in [0.2, 0.25) is 10.0 Å². The van der Waals surface area contributed by atoms with Gasteiger partial charge in [0.05, 0.1) is 89.0 Å². The van der Waals surface area contributed by atoms with Gasteiger partial charge in [-0.05, 0) is 161 Å². The van der Waals surface area contributed by atoms with Gasteiger partial charge < -0.3 is 34.3 Å². The van der Waals surface area contributed by atoms with Crippen LogP contribution in [0.4, 0.5) is 0 Å². The maximum Gasteiger partial charge on any atom is 0.222 e. The molecular weight excluding hydrogens is 1320 g/mol. The predicted molar refractivity (Wildman–Crippen MR) is 405 cm³/mol. The molecule has 3 aliphatic heterocycles. The van der Waals surface area contributed by atoms with E-state index in [9.17, 15) is 14.4 Å². The minimum absolute atomic E-state index is 0.0284. The van der Waals surface area contributed by atoms with Crippen LogP contribution in [-0.4, -0.2) is 86.9 Å². The second-order valence-corrected chi connectivity index (χ2v) is 29.7. The zero-order chi connectivity index (χ0) is 73.1. The van der Waals surface area contributed by atoms with E-state index in [2.05, 4.69) is 166 Å². The molecule has 3 atom stereocenters. The Hall–Kier alpha value is -10.0. The number of fused-ring (bicyclic) bond motifs is 9. The maximum atomic E-state index is 12.7. The first kappa shape index (κ1) is 73.2. The highest BCUT2D eigenvalue weighted by Gasteiger charge is 2.36. The molecule has 18 nitrogen and oxygen atoms in total. The number of benzene rings is 6. The van der Waals surface area contributed by atoms with Crippen LogP contribution in [0.25, 0.3) is 44.5 Å². The Bertz CT molecular complexity index is 4840. The molecule has 0 saturated carbocycles. The first-order valence-corrected chi connectivity index (χ1v) is 35.4. The Kier molecular flexibility index (Phi) is 21.7. The molecule has 0 aliphatic carbocycles. The van der Waals surface area contributed by atoms with Crippen LogP contribution in [0.15, 0.2) is 168 Å². The molecule has 4 aromatic heterocycles. The van der Waals surface area contributed by atoms with Crippen molar-refractivity contribution in [3.63, 3.8) is 0 Å². The quantitative estimate of drug-likeness (QED) is 0.0927. The summed E-state index contributed by atoms with van der Waals surface area (Å²) in [5, 5.41) is 27.2. The van der Waals surface area contributed by atoms with Gasteiger partial charge >= 0.3 is 0 Å². The fourth-order valence-electron chi connectivity index (χ4n) is 12.9. The lowest BCUT2D eigenvalue weighted by molar-refractivity contribution is -0.122. The Labute approximate surface area is 606 Å². The highest BCUT2D eigenvalue weighted by Crippen LogP contribution is 2.46. The molecule has 3 aliphatic rings. The number of ether oxygens (including phenoxy) is 1. The molecule has 0 saturated heterocycles. The predicted octanol–water partition coefficient (Wildman–Crippen LogP) is 17.7. The lowest BCUT2D eigenvalue weighted by Crippen LogP contribution is -2.24. The van der Waals surface area contributed by atoms with Crippen LogP contribution in [0.3, 0.4) is 0 Å². The number of carbonyl (C=O) groups is 3. The van der Waals surface area contributed by atoms with Crippen LogP contribution in [0, 0.1) is 20.8 Å². The van der Waals surface area contributed by atoms with E-state index in [0.717, 1.165) is 118 Å². The van der Waals surface area contributed by atoms with Gasteiger partial charge in [0, 0.05) is 74.8 Å². The Morgan fingerprint density at radius 3 is 1.18 bits per heavy atom. The Morgan fingerprint density at radius 2 is 0.804 bits per heavy atom. The summed E-state index contributed by atoms with van der Waals surface area (Å²) in [7, 11) is 1.65. The number of aromatic nitrogens is 5. The summed E-state index contributed by atoms with van der Waals surface area (Å²) < 4.78 is 24.8. The normalized spacial score (nSPS) is 15.2. The largest absolute Gasteiger partial charge is 0.497 e. The summed E-state index contributed by atoms with van der Waals surface area (Å²) in [5.74, 6) is 2.35. The average molecular weight is 1410 g/mol. The summed E-state index contributed by atoms with van der Waals surface area (Å²) in [6.07, 6.45) is 4.48. The average Bonchev–Trinajstić information content (AvgIpc) is 1.61. The molecule has 0 fully saturated rings. The number of hydrogen-bond donors (Lipinski definition) is 3. The minimum atomic E-state index is -0.520. The van der Waals surface area contributed by atoms with Gasteiger partial charge in [0.1, 0.15) is 23.9 Å². The lowest BCUT2D eigenvalue weighted by atomic mass is 9.82. The second kappa shape index (κ2) is 30.3.